The Morgan fingerprint density at radius 2 is 1.83 bits per heavy atom. The summed E-state index contributed by atoms with van der Waals surface area (Å²) < 4.78 is 0. The molecule has 152 valence electrons. The molecule has 3 heterocycles. The van der Waals surface area contributed by atoms with Gasteiger partial charge in [-0.15, -0.1) is 11.3 Å². The number of piperazine rings is 1. The Hall–Kier alpha value is -1.96. The lowest BCUT2D eigenvalue weighted by atomic mass is 10.0. The van der Waals surface area contributed by atoms with Crippen molar-refractivity contribution in [1.82, 2.24) is 19.7 Å². The van der Waals surface area contributed by atoms with Crippen LogP contribution in [-0.4, -0.2) is 76.8 Å². The van der Waals surface area contributed by atoms with E-state index in [0.717, 1.165) is 56.3 Å². The van der Waals surface area contributed by atoms with Gasteiger partial charge in [0.15, 0.2) is 5.01 Å². The molecule has 2 amide bonds. The molecule has 3 fully saturated rings. The number of amides is 2. The molecule has 0 N–H and O–H groups in total. The molecule has 2 aromatic rings. The number of aromatic nitrogens is 1. The first-order valence-electron chi connectivity index (χ1n) is 10.1. The van der Waals surface area contributed by atoms with Gasteiger partial charge in [0, 0.05) is 67.8 Å². The average molecular weight is 431 g/mol. The summed E-state index contributed by atoms with van der Waals surface area (Å²) in [6, 6.07) is 8.25. The highest BCUT2D eigenvalue weighted by Crippen LogP contribution is 2.50. The van der Waals surface area contributed by atoms with E-state index in [9.17, 15) is 9.59 Å². The fourth-order valence-electron chi connectivity index (χ4n) is 4.44. The molecule has 3 aliphatic rings. The Balaban J connectivity index is 1.09. The maximum atomic E-state index is 12.8. The van der Waals surface area contributed by atoms with E-state index >= 15 is 0 Å². The highest BCUT2D eigenvalue weighted by molar-refractivity contribution is 7.11. The van der Waals surface area contributed by atoms with Gasteiger partial charge in [-0.2, -0.15) is 0 Å². The summed E-state index contributed by atoms with van der Waals surface area (Å²) in [6.07, 6.45) is 2.57. The predicted octanol–water partition coefficient (Wildman–Crippen LogP) is 2.57. The molecule has 1 aromatic heterocycles. The monoisotopic (exact) mass is 430 g/mol. The zero-order valence-electron chi connectivity index (χ0n) is 16.0. The van der Waals surface area contributed by atoms with E-state index in [1.165, 1.54) is 11.3 Å². The summed E-state index contributed by atoms with van der Waals surface area (Å²) in [4.78, 5) is 35.6. The van der Waals surface area contributed by atoms with Gasteiger partial charge in [-0.3, -0.25) is 14.5 Å². The number of halogens is 1. The second kappa shape index (κ2) is 7.70. The number of hydrogen-bond acceptors (Lipinski definition) is 5. The normalized spacial score (nSPS) is 25.0. The topological polar surface area (TPSA) is 56.8 Å². The molecule has 8 heteroatoms. The van der Waals surface area contributed by atoms with E-state index in [1.807, 2.05) is 39.4 Å². The van der Waals surface area contributed by atoms with Crippen molar-refractivity contribution in [3.8, 4) is 0 Å². The molecule has 6 nitrogen and oxygen atoms in total. The minimum absolute atomic E-state index is 0.0319. The van der Waals surface area contributed by atoms with E-state index in [1.54, 1.807) is 6.20 Å². The van der Waals surface area contributed by atoms with E-state index in [4.69, 9.17) is 11.6 Å². The Kier molecular flexibility index (Phi) is 5.05. The van der Waals surface area contributed by atoms with Crippen molar-refractivity contribution in [3.05, 3.63) is 51.4 Å². The Morgan fingerprint density at radius 3 is 2.52 bits per heavy atom. The van der Waals surface area contributed by atoms with Crippen LogP contribution in [0.2, 0.25) is 5.02 Å². The largest absolute Gasteiger partial charge is 0.339 e. The number of rotatable bonds is 4. The molecular weight excluding hydrogens is 408 g/mol. The van der Waals surface area contributed by atoms with Crippen LogP contribution in [0, 0.1) is 5.92 Å². The SMILES string of the molecule is O=C(c1nccs1)N1CCN(C2CN(C(=O)C3CC3c3ccccc3Cl)C2)CC1. The Bertz CT molecular complexity index is 907. The minimum atomic E-state index is 0.0319. The van der Waals surface area contributed by atoms with Crippen molar-refractivity contribution < 1.29 is 9.59 Å². The van der Waals surface area contributed by atoms with Crippen molar-refractivity contribution in [1.29, 1.82) is 0 Å². The second-order valence-corrected chi connectivity index (χ2v) is 9.33. The first kappa shape index (κ1) is 19.0. The molecule has 2 saturated heterocycles. The summed E-state index contributed by atoms with van der Waals surface area (Å²) in [5.74, 6) is 0.660. The maximum Gasteiger partial charge on any atom is 0.282 e. The fraction of sp³-hybridized carbons (Fsp3) is 0.476. The number of hydrogen-bond donors (Lipinski definition) is 0. The smallest absolute Gasteiger partial charge is 0.282 e. The summed E-state index contributed by atoms with van der Waals surface area (Å²) in [7, 11) is 0. The molecule has 0 radical (unpaired) electrons. The standard InChI is InChI=1S/C21H23ClN4O2S/c22-18-4-2-1-3-15(18)16-11-17(16)20(27)26-12-14(13-26)24-6-8-25(9-7-24)21(28)19-23-5-10-29-19/h1-5,10,14,16-17H,6-9,11-13H2. The molecular formula is C21H23ClN4O2S. The predicted molar refractivity (Wildman–Crippen MR) is 112 cm³/mol. The van der Waals surface area contributed by atoms with Gasteiger partial charge < -0.3 is 9.80 Å². The van der Waals surface area contributed by atoms with Gasteiger partial charge >= 0.3 is 0 Å². The summed E-state index contributed by atoms with van der Waals surface area (Å²) in [6.45, 7) is 4.75. The third-order valence-corrected chi connectivity index (χ3v) is 7.42. The Labute approximate surface area is 179 Å². The molecule has 2 aliphatic heterocycles. The van der Waals surface area contributed by atoms with Gasteiger partial charge in [0.2, 0.25) is 5.91 Å². The van der Waals surface area contributed by atoms with Gasteiger partial charge in [0.1, 0.15) is 0 Å². The van der Waals surface area contributed by atoms with Crippen molar-refractivity contribution in [2.45, 2.75) is 18.4 Å². The lowest BCUT2D eigenvalue weighted by Crippen LogP contribution is -2.64. The van der Waals surface area contributed by atoms with Crippen LogP contribution in [0.3, 0.4) is 0 Å². The molecule has 1 aromatic carbocycles. The third kappa shape index (κ3) is 3.67. The zero-order chi connectivity index (χ0) is 20.0. The maximum absolute atomic E-state index is 12.8. The summed E-state index contributed by atoms with van der Waals surface area (Å²) in [5, 5.41) is 3.16. The summed E-state index contributed by atoms with van der Waals surface area (Å²) in [5.41, 5.74) is 1.10. The van der Waals surface area contributed by atoms with Crippen LogP contribution in [0.5, 0.6) is 0 Å². The lowest BCUT2D eigenvalue weighted by Gasteiger charge is -2.48. The van der Waals surface area contributed by atoms with Crippen LogP contribution in [-0.2, 0) is 4.79 Å². The van der Waals surface area contributed by atoms with Gasteiger partial charge in [0.05, 0.1) is 0 Å². The first-order valence-corrected chi connectivity index (χ1v) is 11.3. The third-order valence-electron chi connectivity index (χ3n) is 6.32. The van der Waals surface area contributed by atoms with E-state index in [0.29, 0.717) is 11.0 Å². The Morgan fingerprint density at radius 1 is 1.07 bits per heavy atom. The van der Waals surface area contributed by atoms with Crippen molar-refractivity contribution in [2.24, 2.45) is 5.92 Å². The second-order valence-electron chi connectivity index (χ2n) is 8.03. The quantitative estimate of drug-likeness (QED) is 0.748. The van der Waals surface area contributed by atoms with Crippen molar-refractivity contribution in [2.75, 3.05) is 39.3 Å². The molecule has 0 bridgehead atoms. The van der Waals surface area contributed by atoms with Gasteiger partial charge in [0.25, 0.3) is 5.91 Å². The molecule has 2 atom stereocenters. The highest BCUT2D eigenvalue weighted by atomic mass is 35.5. The molecule has 5 rings (SSSR count). The number of likely N-dealkylation sites (tertiary alicyclic amines) is 1. The van der Waals surface area contributed by atoms with Crippen molar-refractivity contribution >= 4 is 34.8 Å². The van der Waals surface area contributed by atoms with E-state index in [-0.39, 0.29) is 23.7 Å². The van der Waals surface area contributed by atoms with Crippen LogP contribution < -0.4 is 0 Å². The van der Waals surface area contributed by atoms with Crippen LogP contribution in [0.4, 0.5) is 0 Å². The van der Waals surface area contributed by atoms with Crippen LogP contribution in [0.25, 0.3) is 0 Å². The zero-order valence-corrected chi connectivity index (χ0v) is 17.6. The van der Waals surface area contributed by atoms with Gasteiger partial charge in [-0.25, -0.2) is 4.98 Å². The fourth-order valence-corrected chi connectivity index (χ4v) is 5.32. The lowest BCUT2D eigenvalue weighted by molar-refractivity contribution is -0.140. The first-order chi connectivity index (χ1) is 14.1. The molecule has 1 saturated carbocycles. The molecule has 1 aliphatic carbocycles. The summed E-state index contributed by atoms with van der Waals surface area (Å²) >= 11 is 7.68. The minimum Gasteiger partial charge on any atom is -0.339 e. The van der Waals surface area contributed by atoms with Crippen LogP contribution >= 0.6 is 22.9 Å². The van der Waals surface area contributed by atoms with Gasteiger partial charge in [-0.05, 0) is 24.0 Å². The van der Waals surface area contributed by atoms with Crippen molar-refractivity contribution in [3.63, 3.8) is 0 Å². The van der Waals surface area contributed by atoms with E-state index in [2.05, 4.69) is 9.88 Å². The van der Waals surface area contributed by atoms with Crippen LogP contribution in [0.1, 0.15) is 27.7 Å². The molecule has 0 spiro atoms. The number of carbonyl (C=O) groups excluding carboxylic acids is 2. The number of nitrogens with zero attached hydrogens (tertiary/aromatic N) is 4. The van der Waals surface area contributed by atoms with E-state index < -0.39 is 0 Å². The number of thiazole rings is 1. The number of carbonyl (C=O) groups is 2. The highest BCUT2D eigenvalue weighted by Gasteiger charge is 2.49. The molecule has 29 heavy (non-hydrogen) atoms. The molecule has 2 unspecified atom stereocenters. The average Bonchev–Trinajstić information content (AvgIpc) is 3.30. The van der Waals surface area contributed by atoms with Gasteiger partial charge in [-0.1, -0.05) is 29.8 Å². The number of benzene rings is 1. The van der Waals surface area contributed by atoms with Crippen LogP contribution in [0.15, 0.2) is 35.8 Å².